The number of aliphatic hydroxyl groups excluding tert-OH is 1. The van der Waals surface area contributed by atoms with Gasteiger partial charge in [-0.1, -0.05) is 6.07 Å². The van der Waals surface area contributed by atoms with Crippen LogP contribution in [-0.2, 0) is 19.5 Å². The molecule has 3 aromatic heterocycles. The van der Waals surface area contributed by atoms with Gasteiger partial charge in [0.2, 0.25) is 0 Å². The summed E-state index contributed by atoms with van der Waals surface area (Å²) in [4.78, 5) is 11.7. The molecule has 1 aromatic carbocycles. The van der Waals surface area contributed by atoms with Crippen LogP contribution < -0.4 is 5.32 Å². The summed E-state index contributed by atoms with van der Waals surface area (Å²) in [6.07, 6.45) is -2.03. The number of benzene rings is 1. The lowest BCUT2D eigenvalue weighted by Gasteiger charge is -2.33. The molecular formula is C26H27F3N6OS. The number of hydrogen-bond acceptors (Lipinski definition) is 7. The lowest BCUT2D eigenvalue weighted by atomic mass is 10.0. The van der Waals surface area contributed by atoms with Gasteiger partial charge in [-0.15, -0.1) is 11.3 Å². The van der Waals surface area contributed by atoms with Crippen LogP contribution in [0.1, 0.15) is 34.5 Å². The Morgan fingerprint density at radius 2 is 1.97 bits per heavy atom. The summed E-state index contributed by atoms with van der Waals surface area (Å²) in [6.45, 7) is 4.99. The van der Waals surface area contributed by atoms with E-state index in [1.54, 1.807) is 6.07 Å². The average molecular weight is 529 g/mol. The van der Waals surface area contributed by atoms with E-state index in [1.165, 1.54) is 11.9 Å². The minimum atomic E-state index is -4.25. The fourth-order valence-corrected chi connectivity index (χ4v) is 6.13. The van der Waals surface area contributed by atoms with Gasteiger partial charge in [0, 0.05) is 48.0 Å². The van der Waals surface area contributed by atoms with E-state index in [-0.39, 0.29) is 17.5 Å². The van der Waals surface area contributed by atoms with Crippen molar-refractivity contribution in [3.63, 3.8) is 0 Å². The molecule has 0 aliphatic carbocycles. The number of fused-ring (bicyclic) bond motifs is 2. The molecule has 0 unspecified atom stereocenters. The van der Waals surface area contributed by atoms with Crippen LogP contribution in [0.15, 0.2) is 30.6 Å². The maximum absolute atomic E-state index is 12.8. The lowest BCUT2D eigenvalue weighted by molar-refractivity contribution is -0.126. The number of likely N-dealkylation sites (tertiary alicyclic amines) is 1. The van der Waals surface area contributed by atoms with Gasteiger partial charge in [-0.05, 0) is 49.1 Å². The Kier molecular flexibility index (Phi) is 7.07. The summed E-state index contributed by atoms with van der Waals surface area (Å²) in [7, 11) is 0. The predicted octanol–water partition coefficient (Wildman–Crippen LogP) is 5.00. The van der Waals surface area contributed by atoms with Crippen LogP contribution in [0.25, 0.3) is 21.1 Å². The highest BCUT2D eigenvalue weighted by Crippen LogP contribution is 2.33. The molecule has 1 aliphatic rings. The Bertz CT molecular complexity index is 1460. The minimum absolute atomic E-state index is 0.0239. The van der Waals surface area contributed by atoms with Crippen LogP contribution in [0.4, 0.5) is 19.0 Å². The smallest absolute Gasteiger partial charge is 0.393 e. The molecule has 5 rings (SSSR count). The van der Waals surface area contributed by atoms with E-state index < -0.39 is 12.6 Å². The molecule has 4 aromatic rings. The number of nitrogens with one attached hydrogen (secondary N) is 1. The first kappa shape index (κ1) is 25.4. The lowest BCUT2D eigenvalue weighted by Crippen LogP contribution is -2.39. The van der Waals surface area contributed by atoms with Crippen molar-refractivity contribution in [3.8, 4) is 6.07 Å². The van der Waals surface area contributed by atoms with Crippen LogP contribution in [0, 0.1) is 18.3 Å². The molecule has 37 heavy (non-hydrogen) atoms. The number of halogens is 3. The Morgan fingerprint density at radius 3 is 2.68 bits per heavy atom. The number of nitriles is 1. The van der Waals surface area contributed by atoms with E-state index in [0.717, 1.165) is 60.3 Å². The standard InChI is InChI=1S/C26H27F3N6OS/c1-16-17(2-3-23-21(16)10-19(13-30)35(23)8-9-36)14-34-6-4-18(5-7-34)33-24-22-11-20(12-26(27,28)29)37-25(22)32-15-31-24/h2-3,10-11,15,18,36H,4-9,12,14H2,1H3,(H,31,32,33). The third-order valence-corrected chi connectivity index (χ3v) is 8.03. The first-order chi connectivity index (χ1) is 17.8. The number of nitrogens with zero attached hydrogens (tertiary/aromatic N) is 5. The number of aromatic nitrogens is 3. The zero-order valence-corrected chi connectivity index (χ0v) is 21.2. The monoisotopic (exact) mass is 528 g/mol. The molecule has 2 N–H and O–H groups in total. The van der Waals surface area contributed by atoms with Crippen molar-refractivity contribution >= 4 is 38.3 Å². The third kappa shape index (κ3) is 5.42. The van der Waals surface area contributed by atoms with Gasteiger partial charge in [-0.25, -0.2) is 9.97 Å². The molecule has 1 saturated heterocycles. The number of thiophene rings is 1. The van der Waals surface area contributed by atoms with Crippen molar-refractivity contribution in [2.75, 3.05) is 25.0 Å². The van der Waals surface area contributed by atoms with Gasteiger partial charge in [0.05, 0.1) is 18.4 Å². The fraction of sp³-hybridized carbons (Fsp3) is 0.423. The fourth-order valence-electron chi connectivity index (χ4n) is 5.10. The molecule has 4 heterocycles. The van der Waals surface area contributed by atoms with Crippen molar-refractivity contribution in [1.82, 2.24) is 19.4 Å². The van der Waals surface area contributed by atoms with Crippen molar-refractivity contribution in [1.29, 1.82) is 5.26 Å². The largest absolute Gasteiger partial charge is 0.395 e. The van der Waals surface area contributed by atoms with Crippen LogP contribution in [0.3, 0.4) is 0 Å². The average Bonchev–Trinajstić information content (AvgIpc) is 3.43. The number of alkyl halides is 3. The van der Waals surface area contributed by atoms with Gasteiger partial charge in [-0.2, -0.15) is 18.4 Å². The molecule has 1 aliphatic heterocycles. The van der Waals surface area contributed by atoms with Gasteiger partial charge in [0.1, 0.15) is 28.7 Å². The van der Waals surface area contributed by atoms with E-state index in [0.29, 0.717) is 28.3 Å². The van der Waals surface area contributed by atoms with Crippen molar-refractivity contribution in [3.05, 3.63) is 52.3 Å². The molecular weight excluding hydrogens is 501 g/mol. The van der Waals surface area contributed by atoms with Gasteiger partial charge in [0.15, 0.2) is 0 Å². The number of aliphatic hydroxyl groups is 1. The second-order valence-corrected chi connectivity index (χ2v) is 10.6. The maximum Gasteiger partial charge on any atom is 0.393 e. The number of aryl methyl sites for hydroxylation is 1. The Labute approximate surface area is 216 Å². The summed E-state index contributed by atoms with van der Waals surface area (Å²) in [5.74, 6) is 0.593. The molecule has 1 fully saturated rings. The molecule has 0 radical (unpaired) electrons. The Hall–Kier alpha value is -3.20. The van der Waals surface area contributed by atoms with Gasteiger partial charge in [-0.3, -0.25) is 4.90 Å². The topological polar surface area (TPSA) is 90.0 Å². The van der Waals surface area contributed by atoms with E-state index in [2.05, 4.69) is 39.2 Å². The molecule has 0 atom stereocenters. The summed E-state index contributed by atoms with van der Waals surface area (Å²) in [5.41, 5.74) is 3.85. The Morgan fingerprint density at radius 1 is 1.19 bits per heavy atom. The molecule has 0 saturated carbocycles. The summed E-state index contributed by atoms with van der Waals surface area (Å²) in [5, 5.41) is 24.0. The summed E-state index contributed by atoms with van der Waals surface area (Å²) >= 11 is 1.06. The predicted molar refractivity (Wildman–Crippen MR) is 138 cm³/mol. The molecule has 0 spiro atoms. The second-order valence-electron chi connectivity index (χ2n) is 9.44. The van der Waals surface area contributed by atoms with Gasteiger partial charge in [0.25, 0.3) is 0 Å². The number of piperidine rings is 1. The van der Waals surface area contributed by atoms with Crippen LogP contribution in [0.5, 0.6) is 0 Å². The summed E-state index contributed by atoms with van der Waals surface area (Å²) in [6, 6.07) is 9.97. The second kappa shape index (κ2) is 10.3. The van der Waals surface area contributed by atoms with E-state index in [1.807, 2.05) is 16.7 Å². The van der Waals surface area contributed by atoms with Crippen LogP contribution in [-0.4, -0.2) is 56.5 Å². The first-order valence-corrected chi connectivity index (χ1v) is 13.0. The normalized spacial score (nSPS) is 15.5. The first-order valence-electron chi connectivity index (χ1n) is 12.2. The van der Waals surface area contributed by atoms with Crippen molar-refractivity contribution in [2.24, 2.45) is 0 Å². The van der Waals surface area contributed by atoms with E-state index >= 15 is 0 Å². The maximum atomic E-state index is 12.8. The number of rotatable bonds is 7. The zero-order chi connectivity index (χ0) is 26.2. The van der Waals surface area contributed by atoms with Gasteiger partial charge >= 0.3 is 6.18 Å². The van der Waals surface area contributed by atoms with Gasteiger partial charge < -0.3 is 15.0 Å². The minimum Gasteiger partial charge on any atom is -0.395 e. The van der Waals surface area contributed by atoms with E-state index in [9.17, 15) is 23.5 Å². The Balaban J connectivity index is 1.24. The van der Waals surface area contributed by atoms with Crippen LogP contribution in [0.2, 0.25) is 0 Å². The molecule has 0 amide bonds. The van der Waals surface area contributed by atoms with Crippen molar-refractivity contribution < 1.29 is 18.3 Å². The third-order valence-electron chi connectivity index (χ3n) is 6.98. The van der Waals surface area contributed by atoms with Crippen LogP contribution >= 0.6 is 11.3 Å². The van der Waals surface area contributed by atoms with E-state index in [4.69, 9.17) is 0 Å². The quantitative estimate of drug-likeness (QED) is 0.351. The molecule has 194 valence electrons. The SMILES string of the molecule is Cc1c(CN2CCC(Nc3ncnc4sc(CC(F)(F)F)cc34)CC2)ccc2c1cc(C#N)n2CCO. The highest BCUT2D eigenvalue weighted by Gasteiger charge is 2.29. The molecule has 0 bridgehead atoms. The molecule has 7 nitrogen and oxygen atoms in total. The highest BCUT2D eigenvalue weighted by molar-refractivity contribution is 7.18. The number of anilines is 1. The molecule has 11 heteroatoms. The number of hydrogen-bond donors (Lipinski definition) is 2. The summed E-state index contributed by atoms with van der Waals surface area (Å²) < 4.78 is 40.3. The zero-order valence-electron chi connectivity index (χ0n) is 20.3. The van der Waals surface area contributed by atoms with Crippen molar-refractivity contribution in [2.45, 2.75) is 51.5 Å². The highest BCUT2D eigenvalue weighted by atomic mass is 32.1.